The number of benzene rings is 4. The molecule has 4 atom stereocenters. The number of nitrogens with zero attached hydrogens (tertiary/aromatic N) is 4. The molecule has 3 N–H and O–H groups in total. The van der Waals surface area contributed by atoms with Crippen molar-refractivity contribution in [2.75, 3.05) is 19.8 Å². The maximum absolute atomic E-state index is 12.5. The van der Waals surface area contributed by atoms with Gasteiger partial charge in [0.1, 0.15) is 0 Å². The first-order valence-corrected chi connectivity index (χ1v) is 19.6. The molecule has 0 aliphatic carbocycles. The van der Waals surface area contributed by atoms with Crippen LogP contribution in [0.4, 0.5) is 11.4 Å². The van der Waals surface area contributed by atoms with Crippen molar-refractivity contribution in [2.45, 2.75) is 78.9 Å². The molecule has 1 saturated heterocycles. The van der Waals surface area contributed by atoms with Crippen molar-refractivity contribution in [3.05, 3.63) is 152 Å². The molecule has 0 radical (unpaired) electrons. The van der Waals surface area contributed by atoms with Gasteiger partial charge in [0, 0.05) is 24.3 Å². The summed E-state index contributed by atoms with van der Waals surface area (Å²) < 4.78 is 10.8. The summed E-state index contributed by atoms with van der Waals surface area (Å²) in [6.45, 7) is 23.0. The van der Waals surface area contributed by atoms with Crippen molar-refractivity contribution in [1.82, 2.24) is 15.5 Å². The second-order valence-corrected chi connectivity index (χ2v) is 14.6. The fourth-order valence-corrected chi connectivity index (χ4v) is 6.53. The monoisotopic (exact) mass is 839 g/mol. The Morgan fingerprint density at radius 1 is 0.780 bits per heavy atom. The lowest BCUT2D eigenvalue weighted by molar-refractivity contribution is -0.127. The quantitative estimate of drug-likeness (QED) is 0.0832. The number of amides is 1. The number of aliphatic hydroxyl groups is 2. The van der Waals surface area contributed by atoms with Gasteiger partial charge in [-0.15, -0.1) is 10.2 Å². The average Bonchev–Trinajstić information content (AvgIpc) is 3.99. The minimum absolute atomic E-state index is 0. The number of carbonyl (C=O) groups excluding carboxylic acids is 2. The highest BCUT2D eigenvalue weighted by molar-refractivity contribution is 6.34. The number of carbonyl (C=O) groups is 2. The normalized spacial score (nSPS) is 13.7. The average molecular weight is 841 g/mol. The van der Waals surface area contributed by atoms with E-state index < -0.39 is 24.0 Å². The second kappa shape index (κ2) is 23.9. The van der Waals surface area contributed by atoms with E-state index in [1.165, 1.54) is 19.8 Å². The number of hydrogen-bond acceptors (Lipinski definition) is 8. The highest BCUT2D eigenvalue weighted by Crippen LogP contribution is 2.35. The molecule has 1 aliphatic rings. The molecule has 0 bridgehead atoms. The van der Waals surface area contributed by atoms with Crippen LogP contribution in [0.25, 0.3) is 21.1 Å². The van der Waals surface area contributed by atoms with Gasteiger partial charge < -0.3 is 24.7 Å². The molecule has 0 unspecified atom stereocenters. The van der Waals surface area contributed by atoms with Crippen LogP contribution in [-0.4, -0.2) is 64.1 Å². The van der Waals surface area contributed by atoms with Gasteiger partial charge in [-0.25, -0.2) is 9.69 Å². The predicted molar refractivity (Wildman–Crippen MR) is 232 cm³/mol. The Morgan fingerprint density at radius 3 is 1.78 bits per heavy atom. The van der Waals surface area contributed by atoms with Crippen LogP contribution < -0.4 is 5.32 Å². The van der Waals surface area contributed by atoms with Crippen LogP contribution in [0.5, 0.6) is 0 Å². The maximum atomic E-state index is 12.5. The molecule has 13 heteroatoms. The zero-order valence-corrected chi connectivity index (χ0v) is 34.4. The first kappa shape index (κ1) is 48.0. The Kier molecular flexibility index (Phi) is 19.4. The molecule has 1 amide bonds. The number of Topliss-reactive ketones (excluding diaryl/α,β-unsaturated/α-hetero) is 1. The predicted octanol–water partition coefficient (Wildman–Crippen LogP) is 10.1. The van der Waals surface area contributed by atoms with Crippen molar-refractivity contribution in [3.8, 4) is 11.5 Å². The van der Waals surface area contributed by atoms with Crippen LogP contribution in [0.3, 0.4) is 0 Å². The summed E-state index contributed by atoms with van der Waals surface area (Å²) >= 11 is 12.5. The zero-order valence-electron chi connectivity index (χ0n) is 32.9. The molecule has 11 nitrogen and oxygen atoms in total. The van der Waals surface area contributed by atoms with Gasteiger partial charge >= 0.3 is 0 Å². The van der Waals surface area contributed by atoms with Crippen molar-refractivity contribution in [3.63, 3.8) is 0 Å². The second-order valence-electron chi connectivity index (χ2n) is 13.8. The maximum Gasteiger partial charge on any atom is 0.247 e. The number of halogens is 2. The number of rotatable bonds is 12. The third-order valence-electron chi connectivity index (χ3n) is 9.70. The van der Waals surface area contributed by atoms with E-state index in [1.54, 1.807) is 56.3 Å². The lowest BCUT2D eigenvalue weighted by Gasteiger charge is -2.21. The Morgan fingerprint density at radius 2 is 1.31 bits per heavy atom. The van der Waals surface area contributed by atoms with Gasteiger partial charge in [0.2, 0.25) is 29.1 Å². The smallest absolute Gasteiger partial charge is 0.247 e. The van der Waals surface area contributed by atoms with Crippen LogP contribution in [-0.2, 0) is 22.4 Å². The van der Waals surface area contributed by atoms with Crippen molar-refractivity contribution in [1.29, 1.82) is 0 Å². The Balaban J connectivity index is 0.000000277. The molecule has 0 saturated carbocycles. The zero-order chi connectivity index (χ0) is 42.2. The van der Waals surface area contributed by atoms with E-state index in [0.29, 0.717) is 50.7 Å². The Hall–Kier alpha value is -5.40. The van der Waals surface area contributed by atoms with Crippen molar-refractivity contribution in [2.24, 2.45) is 5.92 Å². The number of hydrogen-bond donors (Lipinski definition) is 3. The van der Waals surface area contributed by atoms with Gasteiger partial charge in [-0.2, -0.15) is 0 Å². The number of nitrogens with one attached hydrogen (secondary N) is 1. The molecule has 310 valence electrons. The van der Waals surface area contributed by atoms with Gasteiger partial charge in [0.25, 0.3) is 0 Å². The largest absolute Gasteiger partial charge is 0.420 e. The summed E-state index contributed by atoms with van der Waals surface area (Å²) in [7, 11) is 0. The highest BCUT2D eigenvalue weighted by Gasteiger charge is 2.27. The van der Waals surface area contributed by atoms with Gasteiger partial charge in [0.05, 0.1) is 53.8 Å². The van der Waals surface area contributed by atoms with Gasteiger partial charge in [0.15, 0.2) is 5.78 Å². The molecule has 1 aromatic heterocycles. The van der Waals surface area contributed by atoms with Crippen LogP contribution >= 0.6 is 23.2 Å². The minimum atomic E-state index is -0.907. The summed E-state index contributed by atoms with van der Waals surface area (Å²) in [5, 5.41) is 32.0. The Labute approximate surface area is 357 Å². The summed E-state index contributed by atoms with van der Waals surface area (Å²) in [5.41, 5.74) is 5.38. The van der Waals surface area contributed by atoms with E-state index >= 15 is 0 Å². The van der Waals surface area contributed by atoms with Crippen LogP contribution in [0.15, 0.2) is 89.3 Å². The number of ketones is 1. The molecule has 4 aromatic carbocycles. The molecular formula is C46H51Cl2N5O6. The van der Waals surface area contributed by atoms with Crippen molar-refractivity contribution >= 4 is 46.3 Å². The third kappa shape index (κ3) is 13.6. The van der Waals surface area contributed by atoms with Crippen LogP contribution in [0.2, 0.25) is 10.0 Å². The molecule has 6 rings (SSSR count). The molecule has 0 spiro atoms. The van der Waals surface area contributed by atoms with Gasteiger partial charge in [-0.3, -0.25) is 9.59 Å². The van der Waals surface area contributed by atoms with Crippen molar-refractivity contribution < 1.29 is 29.0 Å². The highest BCUT2D eigenvalue weighted by atomic mass is 35.5. The van der Waals surface area contributed by atoms with E-state index in [2.05, 4.69) is 25.2 Å². The molecule has 59 heavy (non-hydrogen) atoms. The first-order chi connectivity index (χ1) is 27.9. The SMILES string of the molecule is C.C1CCOC1.[C-]#[N+]c1ccc(C[C@@H](C(=O)NCC(=O)c2ccccc2)[C@@H](C)O)c(C)c1Cl.[C-]#[N+]c1ccc(C[C@@H](c2nnc(-c3ccccc3)o2)[C@@H](C)O)c(C)c1Cl. The topological polar surface area (TPSA) is 144 Å². The van der Waals surface area contributed by atoms with E-state index in [-0.39, 0.29) is 32.1 Å². The van der Waals surface area contributed by atoms with E-state index in [4.69, 9.17) is 45.5 Å². The fraction of sp³-hybridized carbons (Fsp3) is 0.348. The molecule has 1 aliphatic heterocycles. The lowest BCUT2D eigenvalue weighted by atomic mass is 9.91. The number of ether oxygens (including phenoxy) is 1. The Bertz CT molecular complexity index is 2200. The van der Waals surface area contributed by atoms with E-state index in [9.17, 15) is 19.8 Å². The standard InChI is InChI=1S/C21H21ClN2O3.C20H18ClN3O2.C4H8O.CH4/c1-13-16(9-10-18(23-3)20(13)22)11-17(14(2)25)21(27)24-12-19(26)15-7-5-4-6-8-15;1-12-15(9-10-17(22-3)18(12)21)11-16(13(2)25)20-24-23-19(26-20)14-7-5-4-6-8-14;1-2-4-5-3-1;/h4-10,14,17,25H,11-12H2,1-2H3,(H,24,27);4-10,13,16,25H,11H2,1-2H3;1-4H2;1H4/t14-,17-;13-,16-;;/m11../s1. The van der Waals surface area contributed by atoms with Crippen LogP contribution in [0.1, 0.15) is 78.5 Å². The summed E-state index contributed by atoms with van der Waals surface area (Å²) in [6.07, 6.45) is 1.71. The first-order valence-electron chi connectivity index (χ1n) is 18.9. The molecule has 2 heterocycles. The minimum Gasteiger partial charge on any atom is -0.420 e. The summed E-state index contributed by atoms with van der Waals surface area (Å²) in [4.78, 5) is 31.4. The third-order valence-corrected chi connectivity index (χ3v) is 10.7. The molecular weight excluding hydrogens is 789 g/mol. The molecule has 5 aromatic rings. The number of aliphatic hydroxyl groups excluding tert-OH is 2. The van der Waals surface area contributed by atoms with Gasteiger partial charge in [-0.05, 0) is 87.8 Å². The summed E-state index contributed by atoms with van der Waals surface area (Å²) in [5.74, 6) is -0.906. The van der Waals surface area contributed by atoms with Crippen LogP contribution in [0, 0.1) is 32.9 Å². The fourth-order valence-electron chi connectivity index (χ4n) is 6.07. The van der Waals surface area contributed by atoms with E-state index in [0.717, 1.165) is 35.5 Å². The van der Waals surface area contributed by atoms with Gasteiger partial charge in [-0.1, -0.05) is 103 Å². The summed E-state index contributed by atoms with van der Waals surface area (Å²) in [6, 6.07) is 25.1. The number of aromatic nitrogens is 2. The molecule has 1 fully saturated rings. The van der Waals surface area contributed by atoms with E-state index in [1.807, 2.05) is 49.4 Å². The lowest BCUT2D eigenvalue weighted by Crippen LogP contribution is -2.40.